The average molecular weight is 198 g/mol. The van der Waals surface area contributed by atoms with E-state index in [1.807, 2.05) is 6.92 Å². The number of anilines is 1. The number of rotatable bonds is 1. The molecule has 1 aliphatic heterocycles. The van der Waals surface area contributed by atoms with Crippen molar-refractivity contribution in [3.05, 3.63) is 5.01 Å². The molecule has 0 radical (unpaired) electrons. The van der Waals surface area contributed by atoms with Gasteiger partial charge in [0, 0.05) is 25.7 Å². The molecule has 0 bridgehead atoms. The maximum atomic E-state index is 4.16. The van der Waals surface area contributed by atoms with E-state index in [0.29, 0.717) is 6.04 Å². The summed E-state index contributed by atoms with van der Waals surface area (Å²) in [5.41, 5.74) is 0. The van der Waals surface area contributed by atoms with Crippen molar-refractivity contribution in [2.75, 3.05) is 24.5 Å². The first-order valence-electron chi connectivity index (χ1n) is 4.55. The Hall–Kier alpha value is -0.680. The Morgan fingerprint density at radius 3 is 3.00 bits per heavy atom. The lowest BCUT2D eigenvalue weighted by Gasteiger charge is -2.33. The van der Waals surface area contributed by atoms with E-state index in [1.165, 1.54) is 0 Å². The molecule has 0 aromatic carbocycles. The molecule has 1 atom stereocenters. The Labute approximate surface area is 82.0 Å². The normalized spacial score (nSPS) is 23.5. The van der Waals surface area contributed by atoms with Crippen molar-refractivity contribution in [1.29, 1.82) is 0 Å². The maximum absolute atomic E-state index is 4.16. The van der Waals surface area contributed by atoms with Crippen LogP contribution in [0.5, 0.6) is 0 Å². The number of piperazine rings is 1. The van der Waals surface area contributed by atoms with Gasteiger partial charge < -0.3 is 10.2 Å². The van der Waals surface area contributed by atoms with Gasteiger partial charge in [0.1, 0.15) is 5.01 Å². The quantitative estimate of drug-likeness (QED) is 0.719. The number of nitrogens with one attached hydrogen (secondary N) is 1. The van der Waals surface area contributed by atoms with Crippen LogP contribution in [-0.2, 0) is 0 Å². The Morgan fingerprint density at radius 2 is 2.38 bits per heavy atom. The molecule has 0 amide bonds. The van der Waals surface area contributed by atoms with Crippen LogP contribution in [0.4, 0.5) is 5.13 Å². The summed E-state index contributed by atoms with van der Waals surface area (Å²) in [6.07, 6.45) is 0. The van der Waals surface area contributed by atoms with Crippen LogP contribution in [-0.4, -0.2) is 35.9 Å². The van der Waals surface area contributed by atoms with Crippen molar-refractivity contribution in [2.24, 2.45) is 0 Å². The SMILES string of the molecule is Cc1nnc(N2CCNCC2C)s1. The van der Waals surface area contributed by atoms with Gasteiger partial charge in [0.2, 0.25) is 5.13 Å². The molecule has 5 heteroatoms. The second-order valence-corrected chi connectivity index (χ2v) is 4.51. The van der Waals surface area contributed by atoms with Crippen molar-refractivity contribution < 1.29 is 0 Å². The van der Waals surface area contributed by atoms with Crippen LogP contribution >= 0.6 is 11.3 Å². The molecular formula is C8H14N4S. The smallest absolute Gasteiger partial charge is 0.208 e. The number of aromatic nitrogens is 2. The van der Waals surface area contributed by atoms with Gasteiger partial charge in [-0.25, -0.2) is 0 Å². The summed E-state index contributed by atoms with van der Waals surface area (Å²) < 4.78 is 0. The number of hydrogen-bond acceptors (Lipinski definition) is 5. The minimum absolute atomic E-state index is 0.529. The van der Waals surface area contributed by atoms with Gasteiger partial charge in [0.15, 0.2) is 0 Å². The summed E-state index contributed by atoms with van der Waals surface area (Å²) >= 11 is 1.67. The third-order valence-corrected chi connectivity index (χ3v) is 3.14. The minimum Gasteiger partial charge on any atom is -0.341 e. The number of hydrogen-bond donors (Lipinski definition) is 1. The highest BCUT2D eigenvalue weighted by Crippen LogP contribution is 2.21. The molecule has 1 aliphatic rings. The zero-order chi connectivity index (χ0) is 9.26. The first-order valence-corrected chi connectivity index (χ1v) is 5.36. The largest absolute Gasteiger partial charge is 0.341 e. The lowest BCUT2D eigenvalue weighted by Crippen LogP contribution is -2.49. The van der Waals surface area contributed by atoms with Gasteiger partial charge in [-0.2, -0.15) is 0 Å². The minimum atomic E-state index is 0.529. The lowest BCUT2D eigenvalue weighted by molar-refractivity contribution is 0.499. The van der Waals surface area contributed by atoms with Crippen molar-refractivity contribution in [2.45, 2.75) is 19.9 Å². The Kier molecular flexibility index (Phi) is 2.46. The van der Waals surface area contributed by atoms with Gasteiger partial charge in [-0.3, -0.25) is 0 Å². The van der Waals surface area contributed by atoms with E-state index in [1.54, 1.807) is 11.3 Å². The zero-order valence-electron chi connectivity index (χ0n) is 7.95. The molecule has 13 heavy (non-hydrogen) atoms. The Bertz CT molecular complexity index is 285. The second kappa shape index (κ2) is 3.59. The average Bonchev–Trinajstić information content (AvgIpc) is 2.53. The monoisotopic (exact) mass is 198 g/mol. The summed E-state index contributed by atoms with van der Waals surface area (Å²) in [4.78, 5) is 2.32. The van der Waals surface area contributed by atoms with Gasteiger partial charge in [-0.05, 0) is 13.8 Å². The molecule has 1 N–H and O–H groups in total. The fourth-order valence-corrected chi connectivity index (χ4v) is 2.34. The highest BCUT2D eigenvalue weighted by molar-refractivity contribution is 7.15. The molecular weight excluding hydrogens is 184 g/mol. The molecule has 2 heterocycles. The molecule has 1 fully saturated rings. The fourth-order valence-electron chi connectivity index (χ4n) is 1.53. The topological polar surface area (TPSA) is 41.1 Å². The predicted octanol–water partition coefficient (Wildman–Crippen LogP) is 0.645. The van der Waals surface area contributed by atoms with Gasteiger partial charge in [-0.1, -0.05) is 11.3 Å². The highest BCUT2D eigenvalue weighted by Gasteiger charge is 2.20. The van der Waals surface area contributed by atoms with Crippen LogP contribution in [0.3, 0.4) is 0 Å². The first-order chi connectivity index (χ1) is 6.27. The molecule has 1 saturated heterocycles. The Balaban J connectivity index is 2.14. The van der Waals surface area contributed by atoms with E-state index in [-0.39, 0.29) is 0 Å². The van der Waals surface area contributed by atoms with Crippen molar-refractivity contribution in [3.8, 4) is 0 Å². The first kappa shape index (κ1) is 8.90. The standard InChI is InChI=1S/C8H14N4S/c1-6-5-9-3-4-12(6)8-11-10-7(2)13-8/h6,9H,3-5H2,1-2H3. The molecule has 1 aromatic rings. The van der Waals surface area contributed by atoms with Crippen LogP contribution in [0, 0.1) is 6.92 Å². The molecule has 0 aliphatic carbocycles. The van der Waals surface area contributed by atoms with Crippen LogP contribution in [0.15, 0.2) is 0 Å². The van der Waals surface area contributed by atoms with Gasteiger partial charge in [0.25, 0.3) is 0 Å². The number of aryl methyl sites for hydroxylation is 1. The van der Waals surface area contributed by atoms with Gasteiger partial charge >= 0.3 is 0 Å². The summed E-state index contributed by atoms with van der Waals surface area (Å²) in [5.74, 6) is 0. The number of nitrogens with zero attached hydrogens (tertiary/aromatic N) is 3. The molecule has 1 aromatic heterocycles. The zero-order valence-corrected chi connectivity index (χ0v) is 8.77. The van der Waals surface area contributed by atoms with Crippen LogP contribution in [0.1, 0.15) is 11.9 Å². The maximum Gasteiger partial charge on any atom is 0.208 e. The van der Waals surface area contributed by atoms with Gasteiger partial charge in [0.05, 0.1) is 0 Å². The van der Waals surface area contributed by atoms with Crippen molar-refractivity contribution >= 4 is 16.5 Å². The lowest BCUT2D eigenvalue weighted by atomic mass is 10.2. The van der Waals surface area contributed by atoms with E-state index in [4.69, 9.17) is 0 Å². The molecule has 2 rings (SSSR count). The second-order valence-electron chi connectivity index (χ2n) is 3.35. The molecule has 4 nitrogen and oxygen atoms in total. The molecule has 0 saturated carbocycles. The van der Waals surface area contributed by atoms with E-state index in [9.17, 15) is 0 Å². The van der Waals surface area contributed by atoms with Crippen LogP contribution in [0.25, 0.3) is 0 Å². The van der Waals surface area contributed by atoms with E-state index in [2.05, 4.69) is 27.3 Å². The molecule has 1 unspecified atom stereocenters. The Morgan fingerprint density at radius 1 is 1.54 bits per heavy atom. The van der Waals surface area contributed by atoms with E-state index < -0.39 is 0 Å². The summed E-state index contributed by atoms with van der Waals surface area (Å²) in [6, 6.07) is 0.529. The fraction of sp³-hybridized carbons (Fsp3) is 0.750. The highest BCUT2D eigenvalue weighted by atomic mass is 32.1. The third-order valence-electron chi connectivity index (χ3n) is 2.26. The van der Waals surface area contributed by atoms with E-state index >= 15 is 0 Å². The van der Waals surface area contributed by atoms with Crippen LogP contribution in [0.2, 0.25) is 0 Å². The third kappa shape index (κ3) is 1.81. The van der Waals surface area contributed by atoms with Crippen molar-refractivity contribution in [3.63, 3.8) is 0 Å². The van der Waals surface area contributed by atoms with Gasteiger partial charge in [-0.15, -0.1) is 10.2 Å². The molecule has 0 spiro atoms. The van der Waals surface area contributed by atoms with Crippen molar-refractivity contribution in [1.82, 2.24) is 15.5 Å². The summed E-state index contributed by atoms with van der Waals surface area (Å²) in [7, 11) is 0. The summed E-state index contributed by atoms with van der Waals surface area (Å²) in [5, 5.41) is 13.6. The summed E-state index contributed by atoms with van der Waals surface area (Å²) in [6.45, 7) is 7.33. The van der Waals surface area contributed by atoms with Crippen LogP contribution < -0.4 is 10.2 Å². The molecule has 72 valence electrons. The van der Waals surface area contributed by atoms with E-state index in [0.717, 1.165) is 29.8 Å². The predicted molar refractivity (Wildman–Crippen MR) is 54.3 cm³/mol.